The molecule has 94 valence electrons. The van der Waals surface area contributed by atoms with Crippen molar-refractivity contribution in [3.05, 3.63) is 29.6 Å². The van der Waals surface area contributed by atoms with Crippen LogP contribution in [-0.2, 0) is 5.54 Å². The Morgan fingerprint density at radius 3 is 2.71 bits per heavy atom. The quantitative estimate of drug-likeness (QED) is 0.872. The summed E-state index contributed by atoms with van der Waals surface area (Å²) < 4.78 is 18.9. The van der Waals surface area contributed by atoms with Gasteiger partial charge in [-0.25, -0.2) is 4.39 Å². The summed E-state index contributed by atoms with van der Waals surface area (Å²) in [5.41, 5.74) is 0.806. The predicted octanol–water partition coefficient (Wildman–Crippen LogP) is 3.07. The second-order valence-corrected chi connectivity index (χ2v) is 5.00. The summed E-state index contributed by atoms with van der Waals surface area (Å²) in [6, 6.07) is 4.78. The Labute approximate surface area is 102 Å². The van der Waals surface area contributed by atoms with Crippen LogP contribution in [0.4, 0.5) is 4.39 Å². The smallest absolute Gasteiger partial charge is 0.124 e. The summed E-state index contributed by atoms with van der Waals surface area (Å²) >= 11 is 0. The van der Waals surface area contributed by atoms with Crippen LogP contribution in [0.15, 0.2) is 18.2 Å². The molecule has 1 aliphatic rings. The van der Waals surface area contributed by atoms with Crippen LogP contribution in [0.3, 0.4) is 0 Å². The molecule has 1 aliphatic heterocycles. The van der Waals surface area contributed by atoms with Crippen LogP contribution in [-0.4, -0.2) is 13.7 Å². The SMILES string of the molecule is COc1ccc(F)cc1C1(C(C)C)CCCN1. The van der Waals surface area contributed by atoms with Gasteiger partial charge in [-0.2, -0.15) is 0 Å². The fourth-order valence-corrected chi connectivity index (χ4v) is 2.83. The standard InChI is InChI=1S/C14H20FNO/c1-10(2)14(7-4-8-16-14)12-9-11(15)5-6-13(12)17-3/h5-6,9-10,16H,4,7-8H2,1-3H3. The van der Waals surface area contributed by atoms with Gasteiger partial charge in [0.25, 0.3) is 0 Å². The molecule has 1 saturated heterocycles. The molecular weight excluding hydrogens is 217 g/mol. The Balaban J connectivity index is 2.52. The fourth-order valence-electron chi connectivity index (χ4n) is 2.83. The number of hydrogen-bond acceptors (Lipinski definition) is 2. The van der Waals surface area contributed by atoms with E-state index in [-0.39, 0.29) is 11.4 Å². The average molecular weight is 237 g/mol. The van der Waals surface area contributed by atoms with E-state index in [4.69, 9.17) is 4.74 Å². The van der Waals surface area contributed by atoms with Gasteiger partial charge in [-0.1, -0.05) is 13.8 Å². The highest BCUT2D eigenvalue weighted by Gasteiger charge is 2.40. The van der Waals surface area contributed by atoms with E-state index < -0.39 is 0 Å². The highest BCUT2D eigenvalue weighted by atomic mass is 19.1. The van der Waals surface area contributed by atoms with Crippen LogP contribution in [0.5, 0.6) is 5.75 Å². The summed E-state index contributed by atoms with van der Waals surface area (Å²) in [5, 5.41) is 3.54. The monoisotopic (exact) mass is 237 g/mol. The van der Waals surface area contributed by atoms with Gasteiger partial charge in [-0.15, -0.1) is 0 Å². The van der Waals surface area contributed by atoms with Crippen LogP contribution < -0.4 is 10.1 Å². The van der Waals surface area contributed by atoms with E-state index in [1.54, 1.807) is 19.2 Å². The summed E-state index contributed by atoms with van der Waals surface area (Å²) in [6.45, 7) is 5.32. The van der Waals surface area contributed by atoms with E-state index in [1.807, 2.05) is 0 Å². The highest BCUT2D eigenvalue weighted by Crippen LogP contribution is 2.42. The number of rotatable bonds is 3. The molecule has 0 spiro atoms. The minimum atomic E-state index is -0.200. The Morgan fingerprint density at radius 2 is 2.18 bits per heavy atom. The van der Waals surface area contributed by atoms with Crippen LogP contribution >= 0.6 is 0 Å². The molecule has 3 heteroatoms. The maximum atomic E-state index is 13.5. The van der Waals surface area contributed by atoms with Gasteiger partial charge in [0.1, 0.15) is 11.6 Å². The van der Waals surface area contributed by atoms with Crippen molar-refractivity contribution in [1.82, 2.24) is 5.32 Å². The Morgan fingerprint density at radius 1 is 1.41 bits per heavy atom. The molecule has 1 aromatic carbocycles. The molecule has 2 rings (SSSR count). The third-order valence-corrected chi connectivity index (χ3v) is 3.82. The summed E-state index contributed by atoms with van der Waals surface area (Å²) in [5.74, 6) is 0.977. The first-order chi connectivity index (χ1) is 8.10. The van der Waals surface area contributed by atoms with Crippen molar-refractivity contribution in [2.45, 2.75) is 32.2 Å². The lowest BCUT2D eigenvalue weighted by Gasteiger charge is -2.35. The van der Waals surface area contributed by atoms with Gasteiger partial charge in [0.05, 0.1) is 7.11 Å². The molecule has 0 saturated carbocycles. The zero-order chi connectivity index (χ0) is 12.5. The Hall–Kier alpha value is -1.09. The predicted molar refractivity (Wildman–Crippen MR) is 66.7 cm³/mol. The largest absolute Gasteiger partial charge is 0.496 e. The van der Waals surface area contributed by atoms with E-state index in [0.717, 1.165) is 30.7 Å². The first-order valence-corrected chi connectivity index (χ1v) is 6.19. The second-order valence-electron chi connectivity index (χ2n) is 5.00. The molecule has 1 atom stereocenters. The van der Waals surface area contributed by atoms with Crippen LogP contribution in [0.25, 0.3) is 0 Å². The molecule has 1 aromatic rings. The van der Waals surface area contributed by atoms with E-state index >= 15 is 0 Å². The molecule has 1 heterocycles. The normalized spacial score (nSPS) is 24.3. The van der Waals surface area contributed by atoms with Gasteiger partial charge in [0, 0.05) is 11.1 Å². The lowest BCUT2D eigenvalue weighted by Crippen LogP contribution is -2.42. The van der Waals surface area contributed by atoms with Crippen molar-refractivity contribution in [1.29, 1.82) is 0 Å². The molecule has 1 unspecified atom stereocenters. The first-order valence-electron chi connectivity index (χ1n) is 6.19. The van der Waals surface area contributed by atoms with Gasteiger partial charge in [-0.3, -0.25) is 0 Å². The number of hydrogen-bond donors (Lipinski definition) is 1. The topological polar surface area (TPSA) is 21.3 Å². The van der Waals surface area contributed by atoms with Crippen LogP contribution in [0.1, 0.15) is 32.3 Å². The lowest BCUT2D eigenvalue weighted by atomic mass is 9.78. The molecule has 2 nitrogen and oxygen atoms in total. The molecule has 0 aromatic heterocycles. The van der Waals surface area contributed by atoms with Gasteiger partial charge in [0.2, 0.25) is 0 Å². The second kappa shape index (κ2) is 4.65. The van der Waals surface area contributed by atoms with Crippen molar-refractivity contribution in [2.24, 2.45) is 5.92 Å². The number of halogens is 1. The van der Waals surface area contributed by atoms with Crippen molar-refractivity contribution >= 4 is 0 Å². The maximum absolute atomic E-state index is 13.5. The van der Waals surface area contributed by atoms with Crippen molar-refractivity contribution in [3.63, 3.8) is 0 Å². The zero-order valence-electron chi connectivity index (χ0n) is 10.7. The minimum absolute atomic E-state index is 0.145. The maximum Gasteiger partial charge on any atom is 0.124 e. The summed E-state index contributed by atoms with van der Waals surface area (Å²) in [6.07, 6.45) is 2.16. The third-order valence-electron chi connectivity index (χ3n) is 3.82. The highest BCUT2D eigenvalue weighted by molar-refractivity contribution is 5.41. The molecule has 0 bridgehead atoms. The van der Waals surface area contributed by atoms with Gasteiger partial charge >= 0.3 is 0 Å². The number of methoxy groups -OCH3 is 1. The Bertz CT molecular complexity index is 397. The molecule has 0 amide bonds. The van der Waals surface area contributed by atoms with E-state index in [2.05, 4.69) is 19.2 Å². The van der Waals surface area contributed by atoms with E-state index in [9.17, 15) is 4.39 Å². The summed E-state index contributed by atoms with van der Waals surface area (Å²) in [4.78, 5) is 0. The van der Waals surface area contributed by atoms with E-state index in [0.29, 0.717) is 5.92 Å². The van der Waals surface area contributed by atoms with Gasteiger partial charge in [0.15, 0.2) is 0 Å². The minimum Gasteiger partial charge on any atom is -0.496 e. The molecule has 0 aliphatic carbocycles. The summed E-state index contributed by atoms with van der Waals surface area (Å²) in [7, 11) is 1.64. The Kier molecular flexibility index (Phi) is 3.38. The molecule has 17 heavy (non-hydrogen) atoms. The van der Waals surface area contributed by atoms with Crippen molar-refractivity contribution in [3.8, 4) is 5.75 Å². The van der Waals surface area contributed by atoms with Crippen molar-refractivity contribution in [2.75, 3.05) is 13.7 Å². The zero-order valence-corrected chi connectivity index (χ0v) is 10.7. The van der Waals surface area contributed by atoms with Crippen LogP contribution in [0, 0.1) is 11.7 Å². The van der Waals surface area contributed by atoms with E-state index in [1.165, 1.54) is 6.07 Å². The lowest BCUT2D eigenvalue weighted by molar-refractivity contribution is 0.264. The number of ether oxygens (including phenoxy) is 1. The van der Waals surface area contributed by atoms with Gasteiger partial charge < -0.3 is 10.1 Å². The van der Waals surface area contributed by atoms with Gasteiger partial charge in [-0.05, 0) is 43.5 Å². The van der Waals surface area contributed by atoms with Crippen LogP contribution in [0.2, 0.25) is 0 Å². The molecule has 1 fully saturated rings. The number of nitrogens with one attached hydrogen (secondary N) is 1. The third kappa shape index (κ3) is 2.04. The van der Waals surface area contributed by atoms with Crippen molar-refractivity contribution < 1.29 is 9.13 Å². The average Bonchev–Trinajstić information content (AvgIpc) is 2.79. The molecular formula is C14H20FNO. The molecule has 0 radical (unpaired) electrons. The fraction of sp³-hybridized carbons (Fsp3) is 0.571. The first kappa shape index (κ1) is 12.4. The number of benzene rings is 1. The molecule has 1 N–H and O–H groups in total.